The molecule has 2 fully saturated rings. The predicted octanol–water partition coefficient (Wildman–Crippen LogP) is 0.0878. The van der Waals surface area contributed by atoms with Crippen LogP contribution in [0, 0.1) is 5.92 Å². The van der Waals surface area contributed by atoms with Crippen molar-refractivity contribution in [2.24, 2.45) is 5.92 Å². The first kappa shape index (κ1) is 14.7. The Morgan fingerprint density at radius 1 is 1.14 bits per heavy atom. The summed E-state index contributed by atoms with van der Waals surface area (Å²) in [5.74, 6) is 0.294. The molecule has 7 nitrogen and oxygen atoms in total. The number of amides is 2. The molecule has 1 aliphatic heterocycles. The number of hydrogen-bond donors (Lipinski definition) is 2. The fourth-order valence-corrected chi connectivity index (χ4v) is 2.62. The number of piperidine rings is 1. The van der Waals surface area contributed by atoms with Gasteiger partial charge in [-0.05, 0) is 31.6 Å². The first-order chi connectivity index (χ1) is 10.7. The number of hydrogen-bond acceptors (Lipinski definition) is 5. The first-order valence-corrected chi connectivity index (χ1v) is 7.82. The number of carbonyl (C=O) groups is 2. The number of rotatable bonds is 4. The Kier molecular flexibility index (Phi) is 4.50. The van der Waals surface area contributed by atoms with Gasteiger partial charge in [0.1, 0.15) is 5.82 Å². The van der Waals surface area contributed by atoms with Crippen LogP contribution < -0.4 is 15.5 Å². The van der Waals surface area contributed by atoms with E-state index >= 15 is 0 Å². The lowest BCUT2D eigenvalue weighted by Crippen LogP contribution is -2.44. The molecule has 2 heterocycles. The van der Waals surface area contributed by atoms with Crippen molar-refractivity contribution >= 4 is 17.6 Å². The zero-order valence-corrected chi connectivity index (χ0v) is 12.5. The van der Waals surface area contributed by atoms with Crippen molar-refractivity contribution in [3.63, 3.8) is 0 Å². The number of nitrogens with one attached hydrogen (secondary N) is 2. The van der Waals surface area contributed by atoms with Crippen molar-refractivity contribution < 1.29 is 9.59 Å². The van der Waals surface area contributed by atoms with Crippen LogP contribution in [0.2, 0.25) is 0 Å². The van der Waals surface area contributed by atoms with E-state index in [-0.39, 0.29) is 6.04 Å². The molecular weight excluding hydrogens is 282 g/mol. The third kappa shape index (κ3) is 3.93. The van der Waals surface area contributed by atoms with Crippen LogP contribution in [0.25, 0.3) is 0 Å². The maximum atomic E-state index is 11.7. The molecule has 0 unspecified atom stereocenters. The van der Waals surface area contributed by atoms with Crippen molar-refractivity contribution in [1.82, 2.24) is 20.6 Å². The highest BCUT2D eigenvalue weighted by Crippen LogP contribution is 2.20. The van der Waals surface area contributed by atoms with E-state index in [1.807, 2.05) is 0 Å². The normalized spacial score (nSPS) is 18.8. The molecule has 0 radical (unpaired) electrons. The molecule has 118 valence electrons. The van der Waals surface area contributed by atoms with E-state index in [9.17, 15) is 9.59 Å². The van der Waals surface area contributed by atoms with Crippen LogP contribution in [-0.4, -0.2) is 47.5 Å². The smallest absolute Gasteiger partial charge is 0.309 e. The van der Waals surface area contributed by atoms with Crippen molar-refractivity contribution in [3.8, 4) is 0 Å². The highest BCUT2D eigenvalue weighted by Gasteiger charge is 2.27. The summed E-state index contributed by atoms with van der Waals surface area (Å²) in [6.07, 6.45) is 9.05. The molecule has 1 aromatic heterocycles. The van der Waals surface area contributed by atoms with Crippen molar-refractivity contribution in [2.75, 3.05) is 24.5 Å². The molecule has 1 saturated carbocycles. The van der Waals surface area contributed by atoms with Gasteiger partial charge in [0.2, 0.25) is 0 Å². The quantitative estimate of drug-likeness (QED) is 0.770. The number of anilines is 1. The Balaban J connectivity index is 1.38. The van der Waals surface area contributed by atoms with E-state index in [1.165, 1.54) is 0 Å². The Morgan fingerprint density at radius 3 is 2.55 bits per heavy atom. The third-order valence-corrected chi connectivity index (χ3v) is 4.16. The molecule has 2 aliphatic rings. The second-order valence-corrected chi connectivity index (χ2v) is 5.95. The minimum Gasteiger partial charge on any atom is -0.355 e. The molecule has 0 aromatic carbocycles. The van der Waals surface area contributed by atoms with Gasteiger partial charge in [0.15, 0.2) is 0 Å². The van der Waals surface area contributed by atoms with E-state index in [0.717, 1.165) is 44.6 Å². The van der Waals surface area contributed by atoms with Crippen LogP contribution in [0.5, 0.6) is 0 Å². The molecule has 1 aliphatic carbocycles. The van der Waals surface area contributed by atoms with Crippen molar-refractivity contribution in [2.45, 2.75) is 31.7 Å². The monoisotopic (exact) mass is 303 g/mol. The predicted molar refractivity (Wildman–Crippen MR) is 81.1 cm³/mol. The Hall–Kier alpha value is -2.18. The van der Waals surface area contributed by atoms with Gasteiger partial charge in [0.25, 0.3) is 0 Å². The first-order valence-electron chi connectivity index (χ1n) is 7.82. The van der Waals surface area contributed by atoms with E-state index in [2.05, 4.69) is 25.5 Å². The molecule has 1 aromatic rings. The fourth-order valence-electron chi connectivity index (χ4n) is 2.62. The van der Waals surface area contributed by atoms with Gasteiger partial charge in [-0.3, -0.25) is 14.6 Å². The number of nitrogens with zero attached hydrogens (tertiary/aromatic N) is 3. The summed E-state index contributed by atoms with van der Waals surface area (Å²) in [5.41, 5.74) is 0. The van der Waals surface area contributed by atoms with Gasteiger partial charge in [-0.2, -0.15) is 0 Å². The van der Waals surface area contributed by atoms with E-state index in [0.29, 0.717) is 12.5 Å². The summed E-state index contributed by atoms with van der Waals surface area (Å²) in [4.78, 5) is 33.8. The van der Waals surface area contributed by atoms with Gasteiger partial charge in [-0.15, -0.1) is 0 Å². The maximum Gasteiger partial charge on any atom is 0.309 e. The summed E-state index contributed by atoms with van der Waals surface area (Å²) in [5, 5.41) is 5.44. The summed E-state index contributed by atoms with van der Waals surface area (Å²) < 4.78 is 0. The lowest BCUT2D eigenvalue weighted by molar-refractivity contribution is -0.139. The second kappa shape index (κ2) is 6.72. The Morgan fingerprint density at radius 2 is 1.91 bits per heavy atom. The summed E-state index contributed by atoms with van der Waals surface area (Å²) in [6, 6.07) is 0.216. The minimum absolute atomic E-state index is 0.216. The van der Waals surface area contributed by atoms with Gasteiger partial charge >= 0.3 is 11.8 Å². The zero-order chi connectivity index (χ0) is 15.4. The van der Waals surface area contributed by atoms with Gasteiger partial charge in [-0.25, -0.2) is 4.98 Å². The van der Waals surface area contributed by atoms with Gasteiger partial charge in [0.05, 0.1) is 6.20 Å². The zero-order valence-electron chi connectivity index (χ0n) is 12.5. The summed E-state index contributed by atoms with van der Waals surface area (Å²) in [7, 11) is 0. The minimum atomic E-state index is -0.511. The van der Waals surface area contributed by atoms with E-state index in [4.69, 9.17) is 0 Å². The largest absolute Gasteiger partial charge is 0.355 e. The SMILES string of the molecule is O=C(NCC1CCN(c2cnccn2)CC1)C(=O)NC1CC1. The standard InChI is InChI=1S/C15H21N5O2/c21-14(15(22)19-12-1-2-12)18-9-11-3-7-20(8-4-11)13-10-16-5-6-17-13/h5-6,10-12H,1-4,7-9H2,(H,18,21)(H,19,22). The van der Waals surface area contributed by atoms with E-state index in [1.54, 1.807) is 18.6 Å². The van der Waals surface area contributed by atoms with Crippen molar-refractivity contribution in [1.29, 1.82) is 0 Å². The average Bonchev–Trinajstić information content (AvgIpc) is 3.38. The van der Waals surface area contributed by atoms with Crippen LogP contribution in [-0.2, 0) is 9.59 Å². The molecule has 0 atom stereocenters. The molecule has 22 heavy (non-hydrogen) atoms. The van der Waals surface area contributed by atoms with Crippen LogP contribution in [0.3, 0.4) is 0 Å². The van der Waals surface area contributed by atoms with Gasteiger partial charge in [-0.1, -0.05) is 0 Å². The summed E-state index contributed by atoms with van der Waals surface area (Å²) in [6.45, 7) is 2.35. The molecule has 7 heteroatoms. The Bertz CT molecular complexity index is 524. The van der Waals surface area contributed by atoms with Crippen LogP contribution in [0.1, 0.15) is 25.7 Å². The fraction of sp³-hybridized carbons (Fsp3) is 0.600. The molecule has 1 saturated heterocycles. The summed E-state index contributed by atoms with van der Waals surface area (Å²) >= 11 is 0. The van der Waals surface area contributed by atoms with Crippen LogP contribution >= 0.6 is 0 Å². The molecule has 0 bridgehead atoms. The van der Waals surface area contributed by atoms with E-state index < -0.39 is 11.8 Å². The lowest BCUT2D eigenvalue weighted by atomic mass is 9.97. The van der Waals surface area contributed by atoms with Crippen molar-refractivity contribution in [3.05, 3.63) is 18.6 Å². The maximum absolute atomic E-state index is 11.7. The van der Waals surface area contributed by atoms with Crippen LogP contribution in [0.15, 0.2) is 18.6 Å². The number of carbonyl (C=O) groups excluding carboxylic acids is 2. The topological polar surface area (TPSA) is 87.2 Å². The average molecular weight is 303 g/mol. The van der Waals surface area contributed by atoms with Gasteiger partial charge in [0, 0.05) is 38.1 Å². The number of aromatic nitrogens is 2. The molecule has 3 rings (SSSR count). The second-order valence-electron chi connectivity index (χ2n) is 5.95. The molecule has 2 amide bonds. The highest BCUT2D eigenvalue weighted by molar-refractivity contribution is 6.35. The molecule has 2 N–H and O–H groups in total. The molecular formula is C15H21N5O2. The highest BCUT2D eigenvalue weighted by atomic mass is 16.2. The van der Waals surface area contributed by atoms with Gasteiger partial charge < -0.3 is 15.5 Å². The third-order valence-electron chi connectivity index (χ3n) is 4.16. The lowest BCUT2D eigenvalue weighted by Gasteiger charge is -2.32. The Labute approximate surface area is 129 Å². The van der Waals surface area contributed by atoms with Crippen LogP contribution in [0.4, 0.5) is 5.82 Å². The molecule has 0 spiro atoms.